The van der Waals surface area contributed by atoms with E-state index in [1.54, 1.807) is 41.5 Å². The molecule has 0 aliphatic heterocycles. The van der Waals surface area contributed by atoms with Gasteiger partial charge in [0, 0.05) is 30.6 Å². The standard InChI is InChI=1S/C26H24N6O2S/c1-17(2)18-4-7-23(8-5-18)35(33,34)31-22-10-20(12-27-14-22)19-6-9-24-25(11-19)30-26(15-28-24)21-13-29-32(3)16-21/h4-17,31H,1-3H3. The number of fused-ring (bicyclic) bond motifs is 1. The zero-order valence-electron chi connectivity index (χ0n) is 19.5. The zero-order valence-corrected chi connectivity index (χ0v) is 20.4. The molecule has 0 spiro atoms. The van der Waals surface area contributed by atoms with Gasteiger partial charge in [0.15, 0.2) is 0 Å². The van der Waals surface area contributed by atoms with E-state index in [-0.39, 0.29) is 4.90 Å². The first-order valence-corrected chi connectivity index (χ1v) is 12.6. The number of nitrogens with one attached hydrogen (secondary N) is 1. The van der Waals surface area contributed by atoms with Crippen molar-refractivity contribution in [3.05, 3.63) is 85.1 Å². The van der Waals surface area contributed by atoms with Crippen molar-refractivity contribution in [1.29, 1.82) is 0 Å². The Kier molecular flexibility index (Phi) is 5.78. The Balaban J connectivity index is 1.44. The Hall–Kier alpha value is -4.11. The van der Waals surface area contributed by atoms with Crippen LogP contribution in [0.15, 0.2) is 84.4 Å². The third-order valence-electron chi connectivity index (χ3n) is 5.72. The largest absolute Gasteiger partial charge is 0.278 e. The molecule has 0 atom stereocenters. The molecule has 3 heterocycles. The average Bonchev–Trinajstić information content (AvgIpc) is 3.29. The average molecular weight is 485 g/mol. The fourth-order valence-electron chi connectivity index (χ4n) is 3.78. The predicted octanol–water partition coefficient (Wildman–Crippen LogP) is 5.02. The number of rotatable bonds is 6. The molecule has 9 heteroatoms. The van der Waals surface area contributed by atoms with Crippen molar-refractivity contribution in [2.24, 2.45) is 7.05 Å². The second-order valence-corrected chi connectivity index (χ2v) is 10.3. The molecule has 0 aliphatic carbocycles. The molecule has 8 nitrogen and oxygen atoms in total. The maximum Gasteiger partial charge on any atom is 0.261 e. The van der Waals surface area contributed by atoms with Crippen LogP contribution >= 0.6 is 0 Å². The molecule has 2 aromatic carbocycles. The number of aromatic nitrogens is 5. The van der Waals surface area contributed by atoms with Crippen LogP contribution < -0.4 is 4.72 Å². The molecular formula is C26H24N6O2S. The molecule has 0 fully saturated rings. The number of hydrogen-bond acceptors (Lipinski definition) is 6. The number of benzene rings is 2. The first-order valence-electron chi connectivity index (χ1n) is 11.1. The van der Waals surface area contributed by atoms with E-state index in [9.17, 15) is 8.42 Å². The monoisotopic (exact) mass is 484 g/mol. The quantitative estimate of drug-likeness (QED) is 0.363. The highest BCUT2D eigenvalue weighted by Gasteiger charge is 2.15. The molecule has 176 valence electrons. The van der Waals surface area contributed by atoms with Gasteiger partial charge in [0.1, 0.15) is 0 Å². The molecule has 0 unspecified atom stereocenters. The van der Waals surface area contributed by atoms with Crippen molar-refractivity contribution in [2.45, 2.75) is 24.7 Å². The van der Waals surface area contributed by atoms with Gasteiger partial charge in [0.2, 0.25) is 0 Å². The molecule has 5 aromatic rings. The number of aryl methyl sites for hydroxylation is 1. The summed E-state index contributed by atoms with van der Waals surface area (Å²) >= 11 is 0. The van der Waals surface area contributed by atoms with E-state index in [1.165, 1.54) is 6.20 Å². The number of sulfonamides is 1. The lowest BCUT2D eigenvalue weighted by Gasteiger charge is -2.11. The van der Waals surface area contributed by atoms with Gasteiger partial charge in [-0.2, -0.15) is 5.10 Å². The van der Waals surface area contributed by atoms with Gasteiger partial charge in [-0.3, -0.25) is 19.4 Å². The lowest BCUT2D eigenvalue weighted by molar-refractivity contribution is 0.601. The first kappa shape index (κ1) is 22.7. The second kappa shape index (κ2) is 8.92. The minimum Gasteiger partial charge on any atom is -0.278 e. The molecule has 0 aliphatic rings. The molecule has 0 saturated heterocycles. The molecule has 35 heavy (non-hydrogen) atoms. The Morgan fingerprint density at radius 1 is 0.857 bits per heavy atom. The maximum atomic E-state index is 12.9. The summed E-state index contributed by atoms with van der Waals surface area (Å²) in [7, 11) is -1.89. The van der Waals surface area contributed by atoms with E-state index < -0.39 is 10.0 Å². The van der Waals surface area contributed by atoms with E-state index in [2.05, 4.69) is 33.6 Å². The van der Waals surface area contributed by atoms with Gasteiger partial charge >= 0.3 is 0 Å². The summed E-state index contributed by atoms with van der Waals surface area (Å²) in [5, 5.41) is 4.20. The third-order valence-corrected chi connectivity index (χ3v) is 7.12. The third kappa shape index (κ3) is 4.76. The summed E-state index contributed by atoms with van der Waals surface area (Å²) in [5.41, 5.74) is 6.17. The van der Waals surface area contributed by atoms with Gasteiger partial charge in [0.05, 0.1) is 45.9 Å². The van der Waals surface area contributed by atoms with Crippen molar-refractivity contribution in [3.8, 4) is 22.4 Å². The molecular weight excluding hydrogens is 460 g/mol. The normalized spacial score (nSPS) is 11.8. The fourth-order valence-corrected chi connectivity index (χ4v) is 4.82. The van der Waals surface area contributed by atoms with E-state index in [0.29, 0.717) is 11.6 Å². The Labute approximate surface area is 203 Å². The van der Waals surface area contributed by atoms with Crippen molar-refractivity contribution < 1.29 is 8.42 Å². The maximum absolute atomic E-state index is 12.9. The predicted molar refractivity (Wildman–Crippen MR) is 136 cm³/mol. The fraction of sp³-hybridized carbons (Fsp3) is 0.154. The van der Waals surface area contributed by atoms with E-state index in [4.69, 9.17) is 4.98 Å². The summed E-state index contributed by atoms with van der Waals surface area (Å²) in [6.07, 6.45) is 8.54. The van der Waals surface area contributed by atoms with Crippen molar-refractivity contribution in [2.75, 3.05) is 4.72 Å². The molecule has 0 saturated carbocycles. The summed E-state index contributed by atoms with van der Waals surface area (Å²) in [5.74, 6) is 0.327. The number of pyridine rings is 1. The minimum atomic E-state index is -3.74. The highest BCUT2D eigenvalue weighted by molar-refractivity contribution is 7.92. The van der Waals surface area contributed by atoms with Crippen molar-refractivity contribution in [1.82, 2.24) is 24.7 Å². The lowest BCUT2D eigenvalue weighted by atomic mass is 10.0. The smallest absolute Gasteiger partial charge is 0.261 e. The van der Waals surface area contributed by atoms with E-state index in [1.807, 2.05) is 43.6 Å². The number of hydrogen-bond donors (Lipinski definition) is 1. The molecule has 3 aromatic heterocycles. The Bertz CT molecular complexity index is 1630. The topological polar surface area (TPSA) is 103 Å². The van der Waals surface area contributed by atoms with Crippen molar-refractivity contribution >= 4 is 26.7 Å². The van der Waals surface area contributed by atoms with Gasteiger partial charge in [-0.25, -0.2) is 13.4 Å². The van der Waals surface area contributed by atoms with Gasteiger partial charge in [-0.15, -0.1) is 0 Å². The van der Waals surface area contributed by atoms with Crippen LogP contribution in [0, 0.1) is 0 Å². The summed E-state index contributed by atoms with van der Waals surface area (Å²) in [4.78, 5) is 13.7. The van der Waals surface area contributed by atoms with Crippen molar-refractivity contribution in [3.63, 3.8) is 0 Å². The van der Waals surface area contributed by atoms with E-state index in [0.717, 1.165) is 39.0 Å². The van der Waals surface area contributed by atoms with Crippen LogP contribution in [0.1, 0.15) is 25.3 Å². The minimum absolute atomic E-state index is 0.205. The van der Waals surface area contributed by atoms with Crippen LogP contribution in [0.5, 0.6) is 0 Å². The lowest BCUT2D eigenvalue weighted by Crippen LogP contribution is -2.13. The van der Waals surface area contributed by atoms with Crippen LogP contribution in [0.4, 0.5) is 5.69 Å². The van der Waals surface area contributed by atoms with Crippen LogP contribution in [0.25, 0.3) is 33.4 Å². The molecule has 1 N–H and O–H groups in total. The Morgan fingerprint density at radius 2 is 1.66 bits per heavy atom. The molecule has 0 amide bonds. The van der Waals surface area contributed by atoms with Crippen LogP contribution in [-0.4, -0.2) is 33.2 Å². The Morgan fingerprint density at radius 3 is 2.37 bits per heavy atom. The second-order valence-electron chi connectivity index (χ2n) is 8.65. The summed E-state index contributed by atoms with van der Waals surface area (Å²) in [6.45, 7) is 4.13. The van der Waals surface area contributed by atoms with Crippen LogP contribution in [0.3, 0.4) is 0 Å². The summed E-state index contributed by atoms with van der Waals surface area (Å²) in [6, 6.07) is 14.4. The highest BCUT2D eigenvalue weighted by atomic mass is 32.2. The summed E-state index contributed by atoms with van der Waals surface area (Å²) < 4.78 is 30.2. The SMILES string of the molecule is CC(C)c1ccc(S(=O)(=O)Nc2cncc(-c3ccc4ncc(-c5cnn(C)c5)nc4c3)c2)cc1. The van der Waals surface area contributed by atoms with Gasteiger partial charge < -0.3 is 0 Å². The molecule has 5 rings (SSSR count). The van der Waals surface area contributed by atoms with Gasteiger partial charge in [0.25, 0.3) is 10.0 Å². The number of anilines is 1. The van der Waals surface area contributed by atoms with Crippen LogP contribution in [-0.2, 0) is 17.1 Å². The van der Waals surface area contributed by atoms with Gasteiger partial charge in [-0.05, 0) is 47.4 Å². The molecule has 0 bridgehead atoms. The molecule has 0 radical (unpaired) electrons. The zero-order chi connectivity index (χ0) is 24.6. The number of nitrogens with zero attached hydrogens (tertiary/aromatic N) is 5. The van der Waals surface area contributed by atoms with Gasteiger partial charge in [-0.1, -0.05) is 32.0 Å². The highest BCUT2D eigenvalue weighted by Crippen LogP contribution is 2.27. The first-order chi connectivity index (χ1) is 16.8. The van der Waals surface area contributed by atoms with Crippen LogP contribution in [0.2, 0.25) is 0 Å². The van der Waals surface area contributed by atoms with E-state index >= 15 is 0 Å².